The Balaban J connectivity index is 1.59. The van der Waals surface area contributed by atoms with Gasteiger partial charge in [-0.3, -0.25) is 0 Å². The number of aliphatic hydroxyl groups is 2. The van der Waals surface area contributed by atoms with Crippen LogP contribution in [0.15, 0.2) is 24.3 Å². The molecule has 1 aromatic carbocycles. The third-order valence-corrected chi connectivity index (χ3v) is 5.47. The van der Waals surface area contributed by atoms with Crippen molar-refractivity contribution in [1.29, 1.82) is 0 Å². The quantitative estimate of drug-likeness (QED) is 0.893. The number of para-hydroxylation sites is 2. The average Bonchev–Trinajstić information content (AvgIpc) is 2.98. The van der Waals surface area contributed by atoms with Crippen LogP contribution in [0.3, 0.4) is 0 Å². The molecule has 2 aromatic rings. The maximum atomic E-state index is 10.4. The van der Waals surface area contributed by atoms with Gasteiger partial charge in [0.05, 0.1) is 29.3 Å². The molecule has 6 nitrogen and oxygen atoms in total. The van der Waals surface area contributed by atoms with Gasteiger partial charge in [-0.15, -0.1) is 0 Å². The van der Waals surface area contributed by atoms with Gasteiger partial charge < -0.3 is 24.4 Å². The SMILES string of the molecule is OCCn1c(N2CCC3(CC2)OCCC[C@@H]3O)nc2ccccc21. The molecule has 0 unspecified atom stereocenters. The zero-order valence-corrected chi connectivity index (χ0v) is 13.9. The largest absolute Gasteiger partial charge is 0.395 e. The fraction of sp³-hybridized carbons (Fsp3) is 0.611. The second kappa shape index (κ2) is 6.35. The zero-order chi connectivity index (χ0) is 16.6. The van der Waals surface area contributed by atoms with Crippen molar-refractivity contribution in [2.45, 2.75) is 43.9 Å². The first kappa shape index (κ1) is 15.9. The molecule has 4 rings (SSSR count). The molecule has 0 saturated carbocycles. The van der Waals surface area contributed by atoms with Crippen LogP contribution in [0, 0.1) is 0 Å². The molecular weight excluding hydrogens is 306 g/mol. The maximum absolute atomic E-state index is 10.4. The van der Waals surface area contributed by atoms with E-state index in [-0.39, 0.29) is 18.3 Å². The summed E-state index contributed by atoms with van der Waals surface area (Å²) < 4.78 is 8.08. The summed E-state index contributed by atoms with van der Waals surface area (Å²) in [6.07, 6.45) is 3.05. The maximum Gasteiger partial charge on any atom is 0.206 e. The molecule has 2 aliphatic heterocycles. The van der Waals surface area contributed by atoms with E-state index in [1.807, 2.05) is 24.3 Å². The van der Waals surface area contributed by atoms with Crippen LogP contribution >= 0.6 is 0 Å². The summed E-state index contributed by atoms with van der Waals surface area (Å²) in [7, 11) is 0. The number of hydrogen-bond donors (Lipinski definition) is 2. The van der Waals surface area contributed by atoms with Gasteiger partial charge in [-0.1, -0.05) is 12.1 Å². The van der Waals surface area contributed by atoms with E-state index in [1.54, 1.807) is 0 Å². The van der Waals surface area contributed by atoms with Crippen LogP contribution in [0.1, 0.15) is 25.7 Å². The Morgan fingerprint density at radius 1 is 1.25 bits per heavy atom. The molecule has 0 bridgehead atoms. The summed E-state index contributed by atoms with van der Waals surface area (Å²) in [5.41, 5.74) is 1.63. The third kappa shape index (κ3) is 2.59. The number of anilines is 1. The van der Waals surface area contributed by atoms with Crippen molar-refractivity contribution in [3.63, 3.8) is 0 Å². The van der Waals surface area contributed by atoms with Crippen LogP contribution in [0.25, 0.3) is 11.0 Å². The Bertz CT molecular complexity index is 707. The highest BCUT2D eigenvalue weighted by Gasteiger charge is 2.44. The average molecular weight is 331 g/mol. The van der Waals surface area contributed by atoms with E-state index in [2.05, 4.69) is 9.47 Å². The van der Waals surface area contributed by atoms with Crippen LogP contribution in [0.5, 0.6) is 0 Å². The summed E-state index contributed by atoms with van der Waals surface area (Å²) in [4.78, 5) is 7.04. The lowest BCUT2D eigenvalue weighted by Gasteiger charge is -2.46. The number of hydrogen-bond acceptors (Lipinski definition) is 5. The molecule has 130 valence electrons. The van der Waals surface area contributed by atoms with Crippen LogP contribution in [-0.4, -0.2) is 57.8 Å². The second-order valence-corrected chi connectivity index (χ2v) is 6.83. The van der Waals surface area contributed by atoms with Gasteiger partial charge >= 0.3 is 0 Å². The van der Waals surface area contributed by atoms with Gasteiger partial charge in [-0.25, -0.2) is 4.98 Å². The summed E-state index contributed by atoms with van der Waals surface area (Å²) in [6, 6.07) is 8.03. The van der Waals surface area contributed by atoms with Gasteiger partial charge in [0, 0.05) is 26.2 Å². The Hall–Kier alpha value is -1.63. The van der Waals surface area contributed by atoms with Crippen molar-refractivity contribution in [2.75, 3.05) is 31.2 Å². The Morgan fingerprint density at radius 2 is 2.04 bits per heavy atom. The minimum Gasteiger partial charge on any atom is -0.395 e. The first-order chi connectivity index (χ1) is 11.7. The van der Waals surface area contributed by atoms with E-state index in [0.29, 0.717) is 6.54 Å². The van der Waals surface area contributed by atoms with Crippen LogP contribution in [-0.2, 0) is 11.3 Å². The lowest BCUT2D eigenvalue weighted by atomic mass is 9.82. The molecule has 0 aliphatic carbocycles. The number of fused-ring (bicyclic) bond motifs is 1. The fourth-order valence-corrected chi connectivity index (χ4v) is 4.10. The molecule has 0 amide bonds. The molecule has 6 heteroatoms. The molecule has 1 atom stereocenters. The predicted octanol–water partition coefficient (Wildman–Crippen LogP) is 1.54. The predicted molar refractivity (Wildman–Crippen MR) is 92.2 cm³/mol. The van der Waals surface area contributed by atoms with Crippen molar-refractivity contribution < 1.29 is 14.9 Å². The Labute approximate surface area is 141 Å². The molecular formula is C18H25N3O3. The number of benzene rings is 1. The lowest BCUT2D eigenvalue weighted by molar-refractivity contribution is -0.164. The summed E-state index contributed by atoms with van der Waals surface area (Å²) in [5, 5.41) is 19.8. The van der Waals surface area contributed by atoms with E-state index < -0.39 is 0 Å². The number of nitrogens with zero attached hydrogens (tertiary/aromatic N) is 3. The topological polar surface area (TPSA) is 70.8 Å². The highest BCUT2D eigenvalue weighted by atomic mass is 16.5. The molecule has 2 aliphatic rings. The molecule has 2 N–H and O–H groups in total. The number of aromatic nitrogens is 2. The minimum atomic E-state index is -0.372. The van der Waals surface area contributed by atoms with Gasteiger partial charge in [0.15, 0.2) is 0 Å². The van der Waals surface area contributed by atoms with Gasteiger partial charge in [0.25, 0.3) is 0 Å². The summed E-state index contributed by atoms with van der Waals surface area (Å²) >= 11 is 0. The highest BCUT2D eigenvalue weighted by molar-refractivity contribution is 5.78. The van der Waals surface area contributed by atoms with Gasteiger partial charge in [0.2, 0.25) is 5.95 Å². The van der Waals surface area contributed by atoms with Gasteiger partial charge in [0.1, 0.15) is 0 Å². The zero-order valence-electron chi connectivity index (χ0n) is 13.9. The Morgan fingerprint density at radius 3 is 2.79 bits per heavy atom. The molecule has 1 spiro atoms. The highest BCUT2D eigenvalue weighted by Crippen LogP contribution is 2.36. The van der Waals surface area contributed by atoms with Gasteiger partial charge in [-0.05, 0) is 37.8 Å². The number of rotatable bonds is 3. The van der Waals surface area contributed by atoms with E-state index in [1.165, 1.54) is 0 Å². The van der Waals surface area contributed by atoms with Crippen LogP contribution in [0.4, 0.5) is 5.95 Å². The lowest BCUT2D eigenvalue weighted by Crippen LogP contribution is -2.55. The standard InChI is InChI=1S/C18H25N3O3/c22-12-11-21-15-5-2-1-4-14(15)19-17(21)20-9-7-18(8-10-20)16(23)6-3-13-24-18/h1-2,4-5,16,22-23H,3,6-13H2/t16-/m0/s1. The van der Waals surface area contributed by atoms with Crippen molar-refractivity contribution in [3.8, 4) is 0 Å². The van der Waals surface area contributed by atoms with Crippen LogP contribution in [0.2, 0.25) is 0 Å². The number of piperidine rings is 1. The first-order valence-corrected chi connectivity index (χ1v) is 8.87. The number of ether oxygens (including phenoxy) is 1. The third-order valence-electron chi connectivity index (χ3n) is 5.47. The molecule has 24 heavy (non-hydrogen) atoms. The fourth-order valence-electron chi connectivity index (χ4n) is 4.10. The van der Waals surface area contributed by atoms with E-state index in [9.17, 15) is 10.2 Å². The molecule has 3 heterocycles. The van der Waals surface area contributed by atoms with E-state index in [0.717, 1.165) is 62.4 Å². The Kier molecular flexibility index (Phi) is 4.20. The van der Waals surface area contributed by atoms with E-state index >= 15 is 0 Å². The second-order valence-electron chi connectivity index (χ2n) is 6.83. The van der Waals surface area contributed by atoms with Crippen molar-refractivity contribution in [1.82, 2.24) is 9.55 Å². The molecule has 2 fully saturated rings. The van der Waals surface area contributed by atoms with Gasteiger partial charge in [-0.2, -0.15) is 0 Å². The van der Waals surface area contributed by atoms with Crippen LogP contribution < -0.4 is 4.90 Å². The van der Waals surface area contributed by atoms with E-state index in [4.69, 9.17) is 9.72 Å². The monoisotopic (exact) mass is 331 g/mol. The smallest absolute Gasteiger partial charge is 0.206 e. The normalized spacial score (nSPS) is 23.9. The van der Waals surface area contributed by atoms with Crippen molar-refractivity contribution in [3.05, 3.63) is 24.3 Å². The number of aliphatic hydroxyl groups excluding tert-OH is 2. The summed E-state index contributed by atoms with van der Waals surface area (Å²) in [5.74, 6) is 0.908. The minimum absolute atomic E-state index is 0.0902. The van der Waals surface area contributed by atoms with Crippen molar-refractivity contribution >= 4 is 17.0 Å². The molecule has 1 aromatic heterocycles. The first-order valence-electron chi connectivity index (χ1n) is 8.87. The molecule has 2 saturated heterocycles. The molecule has 0 radical (unpaired) electrons. The number of imidazole rings is 1. The summed E-state index contributed by atoms with van der Waals surface area (Å²) in [6.45, 7) is 3.00. The van der Waals surface area contributed by atoms with Crippen molar-refractivity contribution in [2.24, 2.45) is 0 Å².